The molecule has 1 atom stereocenters. The fourth-order valence-electron chi connectivity index (χ4n) is 2.98. The molecular formula is C16H17Cl2N3O2. The normalized spacial score (nSPS) is 21.2. The number of nitrogens with one attached hydrogen (secondary N) is 1. The zero-order valence-electron chi connectivity index (χ0n) is 13.1. The molecular weight excluding hydrogens is 337 g/mol. The third-order valence-electron chi connectivity index (χ3n) is 4.30. The van der Waals surface area contributed by atoms with Gasteiger partial charge in [-0.05, 0) is 25.5 Å². The van der Waals surface area contributed by atoms with Crippen LogP contribution in [0.3, 0.4) is 0 Å². The first-order chi connectivity index (χ1) is 10.8. The van der Waals surface area contributed by atoms with Crippen LogP contribution in [0.15, 0.2) is 29.5 Å². The number of rotatable bonds is 2. The maximum absolute atomic E-state index is 12.8. The lowest BCUT2D eigenvalue weighted by atomic mass is 9.95. The van der Waals surface area contributed by atoms with E-state index in [4.69, 9.17) is 23.2 Å². The minimum atomic E-state index is -0.587. The molecule has 122 valence electrons. The molecule has 2 aliphatic heterocycles. The third kappa shape index (κ3) is 2.48. The minimum absolute atomic E-state index is 0.0482. The van der Waals surface area contributed by atoms with Gasteiger partial charge >= 0.3 is 6.03 Å². The number of likely N-dealkylation sites (N-methyl/N-ethyl adjacent to an activating group) is 1. The molecule has 7 heteroatoms. The van der Waals surface area contributed by atoms with E-state index in [0.29, 0.717) is 33.4 Å². The predicted octanol–water partition coefficient (Wildman–Crippen LogP) is 3.19. The summed E-state index contributed by atoms with van der Waals surface area (Å²) in [7, 11) is 1.66. The molecule has 0 spiro atoms. The van der Waals surface area contributed by atoms with E-state index in [1.807, 2.05) is 13.8 Å². The Morgan fingerprint density at radius 1 is 1.26 bits per heavy atom. The molecule has 0 saturated carbocycles. The molecule has 1 N–H and O–H groups in total. The molecule has 2 heterocycles. The van der Waals surface area contributed by atoms with Crippen molar-refractivity contribution in [3.8, 4) is 0 Å². The molecule has 3 amide bonds. The van der Waals surface area contributed by atoms with E-state index in [1.54, 1.807) is 30.1 Å². The van der Waals surface area contributed by atoms with Crippen molar-refractivity contribution in [2.45, 2.75) is 25.9 Å². The summed E-state index contributed by atoms with van der Waals surface area (Å²) in [5.74, 6) is -0.0807. The Balaban J connectivity index is 2.12. The van der Waals surface area contributed by atoms with Crippen LogP contribution in [0.25, 0.3) is 0 Å². The Morgan fingerprint density at radius 3 is 2.61 bits per heavy atom. The van der Waals surface area contributed by atoms with Crippen molar-refractivity contribution in [1.82, 2.24) is 15.1 Å². The number of benzene rings is 1. The summed E-state index contributed by atoms with van der Waals surface area (Å²) < 4.78 is 0. The van der Waals surface area contributed by atoms with Crippen LogP contribution < -0.4 is 5.32 Å². The van der Waals surface area contributed by atoms with E-state index in [0.717, 1.165) is 0 Å². The van der Waals surface area contributed by atoms with Crippen LogP contribution in [0.5, 0.6) is 0 Å². The molecule has 0 bridgehead atoms. The average molecular weight is 354 g/mol. The van der Waals surface area contributed by atoms with Crippen molar-refractivity contribution in [1.29, 1.82) is 0 Å². The predicted molar refractivity (Wildman–Crippen MR) is 89.4 cm³/mol. The molecule has 0 unspecified atom stereocenters. The van der Waals surface area contributed by atoms with E-state index < -0.39 is 6.04 Å². The molecule has 1 aromatic carbocycles. The van der Waals surface area contributed by atoms with Gasteiger partial charge in [0, 0.05) is 13.1 Å². The zero-order valence-corrected chi connectivity index (χ0v) is 14.6. The van der Waals surface area contributed by atoms with Crippen LogP contribution in [-0.2, 0) is 4.79 Å². The van der Waals surface area contributed by atoms with Crippen LogP contribution in [0.1, 0.15) is 25.5 Å². The number of urea groups is 1. The van der Waals surface area contributed by atoms with E-state index in [9.17, 15) is 9.59 Å². The standard InChI is InChI=1S/C16H17Cl2N3O2/c1-8(2)21-7-11-12(15(21)22)14(19-16(23)20(11)3)9-5-4-6-10(17)13(9)18/h4-6,8,14H,7H2,1-3H3,(H,19,23)/t14-/m1/s1. The maximum atomic E-state index is 12.8. The Bertz CT molecular complexity index is 730. The largest absolute Gasteiger partial charge is 0.331 e. The lowest BCUT2D eigenvalue weighted by Gasteiger charge is -2.31. The van der Waals surface area contributed by atoms with Crippen LogP contribution in [0.4, 0.5) is 4.79 Å². The van der Waals surface area contributed by atoms with Crippen molar-refractivity contribution in [3.63, 3.8) is 0 Å². The summed E-state index contributed by atoms with van der Waals surface area (Å²) in [4.78, 5) is 28.3. The Morgan fingerprint density at radius 2 is 1.96 bits per heavy atom. The van der Waals surface area contributed by atoms with Gasteiger partial charge in [0.05, 0.1) is 33.9 Å². The second kappa shape index (κ2) is 5.73. The smallest absolute Gasteiger partial charge is 0.322 e. The number of amides is 3. The highest BCUT2D eigenvalue weighted by Gasteiger charge is 2.44. The minimum Gasteiger partial charge on any atom is -0.331 e. The number of carbonyl (C=O) groups is 2. The molecule has 0 saturated heterocycles. The Labute approximate surface area is 144 Å². The first kappa shape index (κ1) is 16.1. The van der Waals surface area contributed by atoms with Gasteiger partial charge < -0.3 is 10.2 Å². The molecule has 0 fully saturated rings. The summed E-state index contributed by atoms with van der Waals surface area (Å²) in [6.45, 7) is 4.32. The van der Waals surface area contributed by atoms with Crippen LogP contribution in [-0.4, -0.2) is 41.4 Å². The zero-order chi connectivity index (χ0) is 16.9. The van der Waals surface area contributed by atoms with Gasteiger partial charge in [-0.25, -0.2) is 4.79 Å². The summed E-state index contributed by atoms with van der Waals surface area (Å²) in [5.41, 5.74) is 1.91. The van der Waals surface area contributed by atoms with Gasteiger partial charge in [0.2, 0.25) is 0 Å². The van der Waals surface area contributed by atoms with Gasteiger partial charge in [-0.2, -0.15) is 0 Å². The summed E-state index contributed by atoms with van der Waals surface area (Å²) >= 11 is 12.4. The van der Waals surface area contributed by atoms with Crippen LogP contribution in [0, 0.1) is 0 Å². The van der Waals surface area contributed by atoms with Crippen molar-refractivity contribution in [2.75, 3.05) is 13.6 Å². The summed E-state index contributed by atoms with van der Waals surface area (Å²) in [6, 6.07) is 4.41. The molecule has 1 aromatic rings. The van der Waals surface area contributed by atoms with Gasteiger partial charge in [-0.15, -0.1) is 0 Å². The Kier molecular flexibility index (Phi) is 4.02. The molecule has 3 rings (SSSR count). The molecule has 0 aromatic heterocycles. The summed E-state index contributed by atoms with van der Waals surface area (Å²) in [5, 5.41) is 3.60. The number of hydrogen-bond donors (Lipinski definition) is 1. The van der Waals surface area contributed by atoms with Crippen LogP contribution >= 0.6 is 23.2 Å². The van der Waals surface area contributed by atoms with E-state index in [2.05, 4.69) is 5.32 Å². The highest BCUT2D eigenvalue weighted by Crippen LogP contribution is 2.40. The molecule has 2 aliphatic rings. The number of nitrogens with zero attached hydrogens (tertiary/aromatic N) is 2. The fourth-order valence-corrected chi connectivity index (χ4v) is 3.40. The monoisotopic (exact) mass is 353 g/mol. The SMILES string of the molecule is CC(C)N1CC2=C(C1=O)[C@@H](c1cccc(Cl)c1Cl)NC(=O)N2C. The van der Waals surface area contributed by atoms with Gasteiger partial charge in [-0.3, -0.25) is 9.69 Å². The number of halogens is 2. The van der Waals surface area contributed by atoms with Crippen molar-refractivity contribution < 1.29 is 9.59 Å². The second-order valence-corrected chi connectivity index (χ2v) is 6.76. The number of carbonyl (C=O) groups excluding carboxylic acids is 2. The van der Waals surface area contributed by atoms with E-state index in [-0.39, 0.29) is 18.0 Å². The molecule has 23 heavy (non-hydrogen) atoms. The van der Waals surface area contributed by atoms with E-state index >= 15 is 0 Å². The Hall–Kier alpha value is -1.72. The van der Waals surface area contributed by atoms with E-state index in [1.165, 1.54) is 4.90 Å². The van der Waals surface area contributed by atoms with Gasteiger partial charge in [0.15, 0.2) is 0 Å². The summed E-state index contributed by atoms with van der Waals surface area (Å²) in [6.07, 6.45) is 0. The number of hydrogen-bond acceptors (Lipinski definition) is 2. The first-order valence-electron chi connectivity index (χ1n) is 7.35. The van der Waals surface area contributed by atoms with Gasteiger partial charge in [0.1, 0.15) is 0 Å². The lowest BCUT2D eigenvalue weighted by Crippen LogP contribution is -2.45. The van der Waals surface area contributed by atoms with Crippen molar-refractivity contribution >= 4 is 35.1 Å². The van der Waals surface area contributed by atoms with Gasteiger partial charge in [-0.1, -0.05) is 35.3 Å². The lowest BCUT2D eigenvalue weighted by molar-refractivity contribution is -0.127. The average Bonchev–Trinajstić information content (AvgIpc) is 2.84. The van der Waals surface area contributed by atoms with Crippen molar-refractivity contribution in [3.05, 3.63) is 45.1 Å². The fraction of sp³-hybridized carbons (Fsp3) is 0.375. The second-order valence-electron chi connectivity index (χ2n) is 5.97. The van der Waals surface area contributed by atoms with Crippen molar-refractivity contribution in [2.24, 2.45) is 0 Å². The first-order valence-corrected chi connectivity index (χ1v) is 8.10. The third-order valence-corrected chi connectivity index (χ3v) is 5.14. The molecule has 5 nitrogen and oxygen atoms in total. The topological polar surface area (TPSA) is 52.7 Å². The van der Waals surface area contributed by atoms with Crippen LogP contribution in [0.2, 0.25) is 10.0 Å². The van der Waals surface area contributed by atoms with Gasteiger partial charge in [0.25, 0.3) is 5.91 Å². The molecule has 0 radical (unpaired) electrons. The quantitative estimate of drug-likeness (QED) is 0.887. The maximum Gasteiger partial charge on any atom is 0.322 e. The molecule has 0 aliphatic carbocycles. The highest BCUT2D eigenvalue weighted by molar-refractivity contribution is 6.42. The highest BCUT2D eigenvalue weighted by atomic mass is 35.5.